The monoisotopic (exact) mass is 296 g/mol. The van der Waals surface area contributed by atoms with Gasteiger partial charge < -0.3 is 0 Å². The predicted molar refractivity (Wildman–Crippen MR) is 79.8 cm³/mol. The molecule has 0 bridgehead atoms. The molecule has 0 heterocycles. The van der Waals surface area contributed by atoms with Crippen LogP contribution in [-0.2, 0) is 17.4 Å². The minimum Gasteiger partial charge on any atom is -0.258 e. The second-order valence-corrected chi connectivity index (χ2v) is 8.08. The molecule has 1 N–H and O–H groups in total. The normalized spacial score (nSPS) is 20.2. The van der Waals surface area contributed by atoms with Crippen molar-refractivity contribution >= 4 is 16.7 Å². The number of benzene rings is 1. The van der Waals surface area contributed by atoms with Gasteiger partial charge in [-0.3, -0.25) is 10.1 Å². The van der Waals surface area contributed by atoms with E-state index in [1.807, 2.05) is 20.8 Å². The van der Waals surface area contributed by atoms with Crippen molar-refractivity contribution in [2.24, 2.45) is 0 Å². The molecule has 0 spiro atoms. The molecule has 6 heteroatoms. The van der Waals surface area contributed by atoms with Gasteiger partial charge in [0.1, 0.15) is 0 Å². The number of aryl methyl sites for hydroxylation is 1. The van der Waals surface area contributed by atoms with E-state index in [0.29, 0.717) is 0 Å². The summed E-state index contributed by atoms with van der Waals surface area (Å²) in [4.78, 5) is 10.4. The van der Waals surface area contributed by atoms with E-state index < -0.39 is 11.0 Å². The highest BCUT2D eigenvalue weighted by molar-refractivity contribution is 7.84. The standard InChI is InChI=1S/C14H20N2O3S/c1-14(2,3)20(19)15-13-6-4-5-10-9-11(16(17)18)7-8-12(10)13/h7-9,13,15H,4-6H2,1-3H3/t13-,20+/m0/s1. The van der Waals surface area contributed by atoms with E-state index in [0.717, 1.165) is 30.4 Å². The van der Waals surface area contributed by atoms with Crippen molar-refractivity contribution in [3.63, 3.8) is 0 Å². The summed E-state index contributed by atoms with van der Waals surface area (Å²) < 4.78 is 15.1. The van der Waals surface area contributed by atoms with Crippen molar-refractivity contribution in [3.05, 3.63) is 39.4 Å². The van der Waals surface area contributed by atoms with E-state index >= 15 is 0 Å². The van der Waals surface area contributed by atoms with Gasteiger partial charge in [0, 0.05) is 18.2 Å². The van der Waals surface area contributed by atoms with Crippen molar-refractivity contribution < 1.29 is 9.13 Å². The largest absolute Gasteiger partial charge is 0.269 e. The van der Waals surface area contributed by atoms with Gasteiger partial charge in [0.05, 0.1) is 20.7 Å². The highest BCUT2D eigenvalue weighted by Crippen LogP contribution is 2.33. The Bertz CT molecular complexity index is 552. The van der Waals surface area contributed by atoms with Crippen molar-refractivity contribution in [2.45, 2.75) is 50.8 Å². The maximum Gasteiger partial charge on any atom is 0.269 e. The molecule has 2 rings (SSSR count). The second kappa shape index (κ2) is 5.61. The molecule has 1 aromatic carbocycles. The fourth-order valence-electron chi connectivity index (χ4n) is 2.34. The quantitative estimate of drug-likeness (QED) is 0.688. The third kappa shape index (κ3) is 3.24. The molecule has 0 aliphatic heterocycles. The lowest BCUT2D eigenvalue weighted by molar-refractivity contribution is -0.384. The number of fused-ring (bicyclic) bond motifs is 1. The molecule has 0 saturated heterocycles. The number of rotatable bonds is 3. The molecule has 0 fully saturated rings. The van der Waals surface area contributed by atoms with Crippen LogP contribution in [0, 0.1) is 10.1 Å². The number of hydrogen-bond acceptors (Lipinski definition) is 3. The molecule has 0 saturated carbocycles. The van der Waals surface area contributed by atoms with E-state index in [4.69, 9.17) is 0 Å². The Morgan fingerprint density at radius 1 is 1.40 bits per heavy atom. The number of nitrogens with one attached hydrogen (secondary N) is 1. The van der Waals surface area contributed by atoms with E-state index in [1.165, 1.54) is 6.07 Å². The lowest BCUT2D eigenvalue weighted by Crippen LogP contribution is -2.36. The summed E-state index contributed by atoms with van der Waals surface area (Å²) in [7, 11) is -1.14. The van der Waals surface area contributed by atoms with Gasteiger partial charge in [-0.25, -0.2) is 8.93 Å². The Balaban J connectivity index is 2.25. The molecule has 0 unspecified atom stereocenters. The van der Waals surface area contributed by atoms with Crippen LogP contribution in [0.3, 0.4) is 0 Å². The molecule has 0 radical (unpaired) electrons. The van der Waals surface area contributed by atoms with Crippen LogP contribution in [0.4, 0.5) is 5.69 Å². The van der Waals surface area contributed by atoms with Gasteiger partial charge in [0.2, 0.25) is 0 Å². The van der Waals surface area contributed by atoms with Gasteiger partial charge >= 0.3 is 0 Å². The first-order chi connectivity index (χ1) is 9.29. The summed E-state index contributed by atoms with van der Waals surface area (Å²) in [5, 5.41) is 10.8. The van der Waals surface area contributed by atoms with Crippen molar-refractivity contribution in [1.82, 2.24) is 4.72 Å². The highest BCUT2D eigenvalue weighted by atomic mass is 32.2. The Morgan fingerprint density at radius 2 is 2.10 bits per heavy atom. The fourth-order valence-corrected chi connectivity index (χ4v) is 3.20. The fraction of sp³-hybridized carbons (Fsp3) is 0.571. The minimum atomic E-state index is -1.14. The molecule has 1 aromatic rings. The second-order valence-electron chi connectivity index (χ2n) is 6.08. The third-order valence-corrected chi connectivity index (χ3v) is 5.07. The summed E-state index contributed by atoms with van der Waals surface area (Å²) in [5.41, 5.74) is 2.16. The molecule has 0 aromatic heterocycles. The molecule has 5 nitrogen and oxygen atoms in total. The third-order valence-electron chi connectivity index (χ3n) is 3.46. The number of hydrogen-bond donors (Lipinski definition) is 1. The van der Waals surface area contributed by atoms with E-state index in [9.17, 15) is 14.3 Å². The lowest BCUT2D eigenvalue weighted by atomic mass is 9.88. The Labute approximate surface area is 121 Å². The molecule has 1 aliphatic rings. The van der Waals surface area contributed by atoms with Crippen molar-refractivity contribution in [2.75, 3.05) is 0 Å². The molecule has 1 aliphatic carbocycles. The van der Waals surface area contributed by atoms with Crippen molar-refractivity contribution in [1.29, 1.82) is 0 Å². The molecular formula is C14H20N2O3S. The Kier molecular flexibility index (Phi) is 4.25. The Morgan fingerprint density at radius 3 is 2.70 bits per heavy atom. The van der Waals surface area contributed by atoms with Gasteiger partial charge in [-0.05, 0) is 51.2 Å². The summed E-state index contributed by atoms with van der Waals surface area (Å²) in [6.45, 7) is 5.78. The average Bonchev–Trinajstić information content (AvgIpc) is 2.37. The van der Waals surface area contributed by atoms with Gasteiger partial charge in [-0.1, -0.05) is 6.07 Å². The number of nitro benzene ring substituents is 1. The van der Waals surface area contributed by atoms with Gasteiger partial charge in [-0.2, -0.15) is 0 Å². The number of nitro groups is 1. The predicted octanol–water partition coefficient (Wildman–Crippen LogP) is 3.02. The molecule has 2 atom stereocenters. The first kappa shape index (κ1) is 15.1. The van der Waals surface area contributed by atoms with Crippen LogP contribution < -0.4 is 4.72 Å². The number of nitrogens with zero attached hydrogens (tertiary/aromatic N) is 1. The zero-order valence-electron chi connectivity index (χ0n) is 12.0. The van der Waals surface area contributed by atoms with Gasteiger partial charge in [0.25, 0.3) is 5.69 Å². The van der Waals surface area contributed by atoms with Crippen LogP contribution >= 0.6 is 0 Å². The SMILES string of the molecule is CC(C)(C)[S@@](=O)N[C@H]1CCCc2cc([N+](=O)[O-])ccc21. The van der Waals surface area contributed by atoms with Crippen LogP contribution in [0.15, 0.2) is 18.2 Å². The zero-order chi connectivity index (χ0) is 14.9. The molecule has 110 valence electrons. The average molecular weight is 296 g/mol. The zero-order valence-corrected chi connectivity index (χ0v) is 12.8. The highest BCUT2D eigenvalue weighted by Gasteiger charge is 2.27. The Hall–Kier alpha value is -1.27. The van der Waals surface area contributed by atoms with E-state index in [-0.39, 0.29) is 21.4 Å². The summed E-state index contributed by atoms with van der Waals surface area (Å²) in [6, 6.07) is 4.98. The van der Waals surface area contributed by atoms with Gasteiger partial charge in [0.15, 0.2) is 0 Å². The smallest absolute Gasteiger partial charge is 0.258 e. The topological polar surface area (TPSA) is 72.2 Å². The van der Waals surface area contributed by atoms with Crippen LogP contribution in [-0.4, -0.2) is 13.9 Å². The molecule has 20 heavy (non-hydrogen) atoms. The first-order valence-corrected chi connectivity index (χ1v) is 7.89. The van der Waals surface area contributed by atoms with Crippen LogP contribution in [0.25, 0.3) is 0 Å². The lowest BCUT2D eigenvalue weighted by Gasteiger charge is -2.29. The summed E-state index contributed by atoms with van der Waals surface area (Å²) in [5.74, 6) is 0. The van der Waals surface area contributed by atoms with Crippen LogP contribution in [0.2, 0.25) is 0 Å². The molecule has 0 amide bonds. The van der Waals surface area contributed by atoms with Crippen LogP contribution in [0.5, 0.6) is 0 Å². The number of non-ortho nitro benzene ring substituents is 1. The summed E-state index contributed by atoms with van der Waals surface area (Å²) in [6.07, 6.45) is 2.71. The van der Waals surface area contributed by atoms with Crippen LogP contribution in [0.1, 0.15) is 50.8 Å². The van der Waals surface area contributed by atoms with Crippen molar-refractivity contribution in [3.8, 4) is 0 Å². The maximum atomic E-state index is 12.2. The van der Waals surface area contributed by atoms with E-state index in [1.54, 1.807) is 12.1 Å². The molecular weight excluding hydrogens is 276 g/mol. The van der Waals surface area contributed by atoms with Gasteiger partial charge in [-0.15, -0.1) is 0 Å². The maximum absolute atomic E-state index is 12.2. The summed E-state index contributed by atoms with van der Waals surface area (Å²) >= 11 is 0. The first-order valence-electron chi connectivity index (χ1n) is 6.74. The van der Waals surface area contributed by atoms with E-state index in [2.05, 4.69) is 4.72 Å². The minimum absolute atomic E-state index is 0.0135.